The van der Waals surface area contributed by atoms with Gasteiger partial charge in [-0.15, -0.1) is 0 Å². The molecular formula is C20H35N5O2. The molecule has 1 fully saturated rings. The van der Waals surface area contributed by atoms with E-state index in [-0.39, 0.29) is 0 Å². The van der Waals surface area contributed by atoms with Crippen molar-refractivity contribution in [3.8, 4) is 5.75 Å². The maximum absolute atomic E-state index is 5.88. The molecule has 0 amide bonds. The van der Waals surface area contributed by atoms with Gasteiger partial charge in [-0.2, -0.15) is 0 Å². The average molecular weight is 378 g/mol. The van der Waals surface area contributed by atoms with Gasteiger partial charge in [-0.3, -0.25) is 9.89 Å². The summed E-state index contributed by atoms with van der Waals surface area (Å²) in [7, 11) is 1.70. The van der Waals surface area contributed by atoms with Gasteiger partial charge >= 0.3 is 0 Å². The van der Waals surface area contributed by atoms with Crippen LogP contribution in [0.25, 0.3) is 0 Å². The zero-order chi connectivity index (χ0) is 19.3. The molecule has 2 rings (SSSR count). The number of anilines is 1. The molecule has 1 aromatic rings. The first-order chi connectivity index (χ1) is 13.2. The summed E-state index contributed by atoms with van der Waals surface area (Å²) in [6.07, 6.45) is 1.98. The molecule has 1 aliphatic rings. The highest BCUT2D eigenvalue weighted by Gasteiger charge is 2.16. The molecule has 0 aliphatic carbocycles. The van der Waals surface area contributed by atoms with Gasteiger partial charge < -0.3 is 25.4 Å². The number of methoxy groups -OCH3 is 1. The van der Waals surface area contributed by atoms with Crippen LogP contribution < -0.4 is 20.7 Å². The summed E-state index contributed by atoms with van der Waals surface area (Å²) in [5.41, 5.74) is 7.15. The first kappa shape index (κ1) is 21.3. The van der Waals surface area contributed by atoms with E-state index in [1.54, 1.807) is 7.11 Å². The second kappa shape index (κ2) is 12.4. The topological polar surface area (TPSA) is 75.4 Å². The lowest BCUT2D eigenvalue weighted by molar-refractivity contribution is 0.146. The number of rotatable bonds is 11. The van der Waals surface area contributed by atoms with E-state index in [0.29, 0.717) is 12.5 Å². The number of nitrogens with zero attached hydrogens (tertiary/aromatic N) is 3. The molecule has 152 valence electrons. The molecule has 27 heavy (non-hydrogen) atoms. The predicted octanol–water partition coefficient (Wildman–Crippen LogP) is 1.54. The van der Waals surface area contributed by atoms with Crippen molar-refractivity contribution in [1.82, 2.24) is 10.2 Å². The molecule has 1 heterocycles. The molecule has 7 nitrogen and oxygen atoms in total. The third kappa shape index (κ3) is 8.05. The lowest BCUT2D eigenvalue weighted by Crippen LogP contribution is -2.47. The molecule has 0 unspecified atom stereocenters. The van der Waals surface area contributed by atoms with Crippen LogP contribution in [0, 0.1) is 0 Å². The Labute approximate surface area is 163 Å². The minimum atomic E-state index is 0.538. The second-order valence-electron chi connectivity index (χ2n) is 6.62. The van der Waals surface area contributed by atoms with Crippen molar-refractivity contribution in [2.24, 2.45) is 10.7 Å². The van der Waals surface area contributed by atoms with E-state index in [0.717, 1.165) is 71.1 Å². The van der Waals surface area contributed by atoms with E-state index in [1.807, 2.05) is 19.1 Å². The molecule has 3 N–H and O–H groups in total. The Morgan fingerprint density at radius 2 is 1.89 bits per heavy atom. The molecule has 1 saturated heterocycles. The highest BCUT2D eigenvalue weighted by molar-refractivity contribution is 5.77. The number of hydrogen-bond donors (Lipinski definition) is 2. The molecule has 1 aliphatic heterocycles. The summed E-state index contributed by atoms with van der Waals surface area (Å²) in [6.45, 7) is 10.5. The molecule has 0 atom stereocenters. The number of guanidine groups is 1. The average Bonchev–Trinajstić information content (AvgIpc) is 2.71. The summed E-state index contributed by atoms with van der Waals surface area (Å²) >= 11 is 0. The fourth-order valence-corrected chi connectivity index (χ4v) is 3.11. The van der Waals surface area contributed by atoms with Gasteiger partial charge in [-0.1, -0.05) is 0 Å². The molecule has 1 aromatic carbocycles. The van der Waals surface area contributed by atoms with E-state index in [1.165, 1.54) is 5.69 Å². The standard InChI is InChI=1S/C20H35N5O2/c1-3-27-17-5-11-23-20(21)22-10-4-12-24-13-15-25(16-14-24)18-6-8-19(26-2)9-7-18/h6-9H,3-5,10-17H2,1-2H3,(H3,21,22,23). The number of ether oxygens (including phenoxy) is 2. The van der Waals surface area contributed by atoms with Crippen LogP contribution in [-0.2, 0) is 4.74 Å². The van der Waals surface area contributed by atoms with Gasteiger partial charge in [0.2, 0.25) is 0 Å². The molecule has 0 aromatic heterocycles. The van der Waals surface area contributed by atoms with Gasteiger partial charge in [0.15, 0.2) is 5.96 Å². The van der Waals surface area contributed by atoms with E-state index in [2.05, 4.69) is 32.2 Å². The van der Waals surface area contributed by atoms with Gasteiger partial charge in [0.25, 0.3) is 0 Å². The van der Waals surface area contributed by atoms with Crippen LogP contribution in [0.1, 0.15) is 19.8 Å². The fourth-order valence-electron chi connectivity index (χ4n) is 3.11. The van der Waals surface area contributed by atoms with Gasteiger partial charge in [0.1, 0.15) is 5.75 Å². The normalized spacial score (nSPS) is 15.8. The first-order valence-electron chi connectivity index (χ1n) is 9.96. The summed E-state index contributed by atoms with van der Waals surface area (Å²) in [4.78, 5) is 9.25. The minimum Gasteiger partial charge on any atom is -0.497 e. The second-order valence-corrected chi connectivity index (χ2v) is 6.62. The van der Waals surface area contributed by atoms with Crippen molar-refractivity contribution < 1.29 is 9.47 Å². The van der Waals surface area contributed by atoms with E-state index in [9.17, 15) is 0 Å². The van der Waals surface area contributed by atoms with Crippen LogP contribution in [-0.4, -0.2) is 77.0 Å². The number of benzene rings is 1. The first-order valence-corrected chi connectivity index (χ1v) is 9.96. The third-order valence-electron chi connectivity index (χ3n) is 4.70. The van der Waals surface area contributed by atoms with Crippen molar-refractivity contribution in [3.63, 3.8) is 0 Å². The van der Waals surface area contributed by atoms with Crippen molar-refractivity contribution in [2.75, 3.05) is 71.0 Å². The van der Waals surface area contributed by atoms with E-state index in [4.69, 9.17) is 15.2 Å². The van der Waals surface area contributed by atoms with Crippen LogP contribution in [0.2, 0.25) is 0 Å². The fraction of sp³-hybridized carbons (Fsp3) is 0.650. The Balaban J connectivity index is 1.56. The third-order valence-corrected chi connectivity index (χ3v) is 4.70. The summed E-state index contributed by atoms with van der Waals surface area (Å²) in [6, 6.07) is 8.32. The molecular weight excluding hydrogens is 342 g/mol. The number of hydrogen-bond acceptors (Lipinski definition) is 5. The minimum absolute atomic E-state index is 0.538. The molecule has 0 bridgehead atoms. The van der Waals surface area contributed by atoms with Crippen molar-refractivity contribution in [1.29, 1.82) is 0 Å². The van der Waals surface area contributed by atoms with Crippen LogP contribution in [0.15, 0.2) is 29.3 Å². The van der Waals surface area contributed by atoms with Crippen molar-refractivity contribution in [2.45, 2.75) is 19.8 Å². The highest BCUT2D eigenvalue weighted by atomic mass is 16.5. The summed E-state index contributed by atoms with van der Waals surface area (Å²) in [5.74, 6) is 1.44. The number of aliphatic imine (C=N–C) groups is 1. The predicted molar refractivity (Wildman–Crippen MR) is 112 cm³/mol. The van der Waals surface area contributed by atoms with E-state index < -0.39 is 0 Å². The molecule has 0 spiro atoms. The van der Waals surface area contributed by atoms with Crippen molar-refractivity contribution >= 4 is 11.6 Å². The van der Waals surface area contributed by atoms with Crippen LogP contribution in [0.4, 0.5) is 5.69 Å². The number of piperazine rings is 1. The van der Waals surface area contributed by atoms with Crippen molar-refractivity contribution in [3.05, 3.63) is 24.3 Å². The van der Waals surface area contributed by atoms with Gasteiger partial charge in [-0.05, 0) is 50.6 Å². The summed E-state index contributed by atoms with van der Waals surface area (Å²) < 4.78 is 10.5. The molecule has 0 radical (unpaired) electrons. The molecule has 0 saturated carbocycles. The monoisotopic (exact) mass is 377 g/mol. The van der Waals surface area contributed by atoms with Crippen LogP contribution >= 0.6 is 0 Å². The van der Waals surface area contributed by atoms with Crippen LogP contribution in [0.5, 0.6) is 5.75 Å². The van der Waals surface area contributed by atoms with Gasteiger partial charge in [0, 0.05) is 58.2 Å². The Bertz CT molecular complexity index is 542. The highest BCUT2D eigenvalue weighted by Crippen LogP contribution is 2.20. The Kier molecular flexibility index (Phi) is 9.79. The quantitative estimate of drug-likeness (QED) is 0.346. The number of nitrogens with one attached hydrogen (secondary N) is 1. The Morgan fingerprint density at radius 3 is 2.56 bits per heavy atom. The lowest BCUT2D eigenvalue weighted by atomic mass is 10.2. The zero-order valence-corrected chi connectivity index (χ0v) is 16.8. The van der Waals surface area contributed by atoms with Gasteiger partial charge in [0.05, 0.1) is 7.11 Å². The van der Waals surface area contributed by atoms with Crippen LogP contribution in [0.3, 0.4) is 0 Å². The smallest absolute Gasteiger partial charge is 0.188 e. The Hall–Kier alpha value is -1.99. The Morgan fingerprint density at radius 1 is 1.15 bits per heavy atom. The summed E-state index contributed by atoms with van der Waals surface area (Å²) in [5, 5.41) is 3.20. The lowest BCUT2D eigenvalue weighted by Gasteiger charge is -2.36. The maximum Gasteiger partial charge on any atom is 0.188 e. The zero-order valence-electron chi connectivity index (χ0n) is 16.8. The van der Waals surface area contributed by atoms with Gasteiger partial charge in [-0.25, -0.2) is 0 Å². The largest absolute Gasteiger partial charge is 0.497 e. The molecule has 7 heteroatoms. The number of nitrogens with two attached hydrogens (primary N) is 1. The SMILES string of the molecule is CCOCCCN=C(N)NCCCN1CCN(c2ccc(OC)cc2)CC1. The maximum atomic E-state index is 5.88. The van der Waals surface area contributed by atoms with E-state index >= 15 is 0 Å².